The van der Waals surface area contributed by atoms with Gasteiger partial charge in [0, 0.05) is 18.2 Å². The molecule has 30 heavy (non-hydrogen) atoms. The van der Waals surface area contributed by atoms with Gasteiger partial charge < -0.3 is 4.43 Å². The third-order valence-electron chi connectivity index (χ3n) is 4.96. The summed E-state index contributed by atoms with van der Waals surface area (Å²) in [6.07, 6.45) is 8.05. The van der Waals surface area contributed by atoms with Crippen LogP contribution in [0.5, 0.6) is 0 Å². The second-order valence-electron chi connectivity index (χ2n) is 8.81. The van der Waals surface area contributed by atoms with E-state index in [1.54, 1.807) is 6.08 Å². The van der Waals surface area contributed by atoms with E-state index in [9.17, 15) is 4.79 Å². The molecule has 0 bridgehead atoms. The summed E-state index contributed by atoms with van der Waals surface area (Å²) in [5.74, 6) is -0.301. The van der Waals surface area contributed by atoms with Gasteiger partial charge in [0.05, 0.1) is 11.4 Å². The maximum Gasteiger partial charge on any atom is 0.317 e. The average molecular weight is 421 g/mol. The topological polar surface area (TPSA) is 42.4 Å². The Balaban J connectivity index is 1.85. The predicted octanol–water partition coefficient (Wildman–Crippen LogP) is 5.31. The first-order valence-electron chi connectivity index (χ1n) is 10.7. The van der Waals surface area contributed by atoms with Crippen LogP contribution in [0.3, 0.4) is 0 Å². The Hall–Kier alpha value is -2.50. The molecule has 3 rings (SSSR count). The fourth-order valence-corrected chi connectivity index (χ4v) is 4.14. The van der Waals surface area contributed by atoms with Crippen molar-refractivity contribution in [3.63, 3.8) is 0 Å². The number of aryl methyl sites for hydroxylation is 1. The molecule has 1 saturated heterocycles. The number of nitrogens with zero attached hydrogens (tertiary/aromatic N) is 2. The van der Waals surface area contributed by atoms with Crippen molar-refractivity contribution in [2.75, 3.05) is 19.6 Å². The molecule has 0 radical (unpaired) electrons. The number of benzene rings is 1. The standard InChI is InChI=1S/C25H32N2O2Si/c1-20-10-12-21(13-11-20)23(16-19-27-17-5-6-18-27)24-9-7-8-22(26-24)14-15-25(28)29-30(2,3)4/h7-16H,5-6,17-19H2,1-4H3/b15-14+,23-16+. The second kappa shape index (κ2) is 10.0. The van der Waals surface area contributed by atoms with Gasteiger partial charge >= 0.3 is 5.97 Å². The largest absolute Gasteiger partial charge is 0.517 e. The van der Waals surface area contributed by atoms with Crippen molar-refractivity contribution in [3.8, 4) is 0 Å². The Morgan fingerprint density at radius 1 is 1.10 bits per heavy atom. The summed E-state index contributed by atoms with van der Waals surface area (Å²) in [7, 11) is -1.89. The van der Waals surface area contributed by atoms with E-state index in [4.69, 9.17) is 9.41 Å². The molecule has 0 aliphatic carbocycles. The van der Waals surface area contributed by atoms with Gasteiger partial charge in [-0.2, -0.15) is 0 Å². The highest BCUT2D eigenvalue weighted by molar-refractivity contribution is 6.71. The quantitative estimate of drug-likeness (QED) is 0.450. The molecule has 1 aromatic heterocycles. The number of carbonyl (C=O) groups excluding carboxylic acids is 1. The molecule has 0 spiro atoms. The maximum atomic E-state index is 12.0. The monoisotopic (exact) mass is 420 g/mol. The molecule has 1 aliphatic heterocycles. The third-order valence-corrected chi connectivity index (χ3v) is 5.77. The number of aromatic nitrogens is 1. The molecule has 4 nitrogen and oxygen atoms in total. The summed E-state index contributed by atoms with van der Waals surface area (Å²) in [6, 6.07) is 14.5. The van der Waals surface area contributed by atoms with Crippen molar-refractivity contribution in [1.29, 1.82) is 0 Å². The zero-order valence-electron chi connectivity index (χ0n) is 18.5. The van der Waals surface area contributed by atoms with Crippen LogP contribution in [0.4, 0.5) is 0 Å². The molecular weight excluding hydrogens is 388 g/mol. The van der Waals surface area contributed by atoms with Crippen LogP contribution in [-0.4, -0.2) is 43.8 Å². The minimum absolute atomic E-state index is 0.301. The highest BCUT2D eigenvalue weighted by atomic mass is 28.4. The van der Waals surface area contributed by atoms with E-state index in [1.165, 1.54) is 24.5 Å². The van der Waals surface area contributed by atoms with Gasteiger partial charge in [-0.05, 0) is 76.3 Å². The van der Waals surface area contributed by atoms with Crippen molar-refractivity contribution in [3.05, 3.63) is 77.1 Å². The van der Waals surface area contributed by atoms with Crippen molar-refractivity contribution >= 4 is 25.9 Å². The number of likely N-dealkylation sites (tertiary alicyclic amines) is 1. The zero-order chi connectivity index (χ0) is 21.6. The van der Waals surface area contributed by atoms with Crippen LogP contribution < -0.4 is 0 Å². The number of hydrogen-bond donors (Lipinski definition) is 0. The Labute approximate surface area is 181 Å². The number of carbonyl (C=O) groups is 1. The summed E-state index contributed by atoms with van der Waals surface area (Å²) in [5, 5.41) is 0. The molecule has 1 aliphatic rings. The van der Waals surface area contributed by atoms with Gasteiger partial charge in [0.2, 0.25) is 8.32 Å². The molecule has 0 unspecified atom stereocenters. The number of pyridine rings is 1. The van der Waals surface area contributed by atoms with E-state index in [2.05, 4.69) is 42.2 Å². The number of hydrogen-bond acceptors (Lipinski definition) is 4. The summed E-state index contributed by atoms with van der Waals surface area (Å²) in [4.78, 5) is 19.3. The summed E-state index contributed by atoms with van der Waals surface area (Å²) in [5.41, 5.74) is 5.19. The SMILES string of the molecule is Cc1ccc(/C(=C\CN2CCCC2)c2cccc(/C=C/C(=O)O[Si](C)(C)C)n2)cc1. The van der Waals surface area contributed by atoms with Gasteiger partial charge in [0.1, 0.15) is 0 Å². The maximum absolute atomic E-state index is 12.0. The van der Waals surface area contributed by atoms with E-state index in [0.717, 1.165) is 42.2 Å². The van der Waals surface area contributed by atoms with Crippen molar-refractivity contribution in [1.82, 2.24) is 9.88 Å². The molecule has 1 fully saturated rings. The first kappa shape index (κ1) is 22.2. The minimum atomic E-state index is -1.89. The molecule has 0 saturated carbocycles. The van der Waals surface area contributed by atoms with Crippen molar-refractivity contribution in [2.24, 2.45) is 0 Å². The van der Waals surface area contributed by atoms with Crippen LogP contribution in [0.2, 0.25) is 19.6 Å². The molecule has 0 N–H and O–H groups in total. The van der Waals surface area contributed by atoms with Crippen molar-refractivity contribution < 1.29 is 9.22 Å². The fraction of sp³-hybridized carbons (Fsp3) is 0.360. The first-order valence-corrected chi connectivity index (χ1v) is 14.1. The Bertz CT molecular complexity index is 921. The van der Waals surface area contributed by atoms with Gasteiger partial charge in [-0.3, -0.25) is 4.90 Å². The van der Waals surface area contributed by atoms with E-state index in [-0.39, 0.29) is 5.97 Å². The lowest BCUT2D eigenvalue weighted by Crippen LogP contribution is -2.28. The van der Waals surface area contributed by atoms with E-state index in [0.29, 0.717) is 0 Å². The van der Waals surface area contributed by atoms with Gasteiger partial charge in [0.25, 0.3) is 0 Å². The molecule has 2 aromatic rings. The molecule has 5 heteroatoms. The lowest BCUT2D eigenvalue weighted by molar-refractivity contribution is -0.129. The van der Waals surface area contributed by atoms with E-state index in [1.807, 2.05) is 37.8 Å². The summed E-state index contributed by atoms with van der Waals surface area (Å²) in [6.45, 7) is 11.3. The average Bonchev–Trinajstić information content (AvgIpc) is 3.21. The van der Waals surface area contributed by atoms with Gasteiger partial charge in [-0.15, -0.1) is 0 Å². The highest BCUT2D eigenvalue weighted by Crippen LogP contribution is 2.23. The van der Waals surface area contributed by atoms with Crippen LogP contribution in [0.25, 0.3) is 11.6 Å². The van der Waals surface area contributed by atoms with E-state index < -0.39 is 8.32 Å². The van der Waals surface area contributed by atoms with Crippen LogP contribution in [-0.2, 0) is 9.22 Å². The normalized spacial score (nSPS) is 15.7. The lowest BCUT2D eigenvalue weighted by atomic mass is 10.00. The summed E-state index contributed by atoms with van der Waals surface area (Å²) < 4.78 is 5.48. The van der Waals surface area contributed by atoms with Crippen molar-refractivity contribution in [2.45, 2.75) is 39.4 Å². The summed E-state index contributed by atoms with van der Waals surface area (Å²) >= 11 is 0. The predicted molar refractivity (Wildman–Crippen MR) is 127 cm³/mol. The van der Waals surface area contributed by atoms with Gasteiger partial charge in [0.15, 0.2) is 0 Å². The van der Waals surface area contributed by atoms with Crippen LogP contribution >= 0.6 is 0 Å². The smallest absolute Gasteiger partial charge is 0.317 e. The van der Waals surface area contributed by atoms with Gasteiger partial charge in [-0.1, -0.05) is 42.0 Å². The molecule has 2 heterocycles. The molecule has 0 amide bonds. The Morgan fingerprint density at radius 2 is 1.80 bits per heavy atom. The zero-order valence-corrected chi connectivity index (χ0v) is 19.5. The first-order chi connectivity index (χ1) is 14.3. The van der Waals surface area contributed by atoms with Crippen LogP contribution in [0.15, 0.2) is 54.6 Å². The number of rotatable bonds is 7. The minimum Gasteiger partial charge on any atom is -0.517 e. The Kier molecular flexibility index (Phi) is 7.40. The van der Waals surface area contributed by atoms with E-state index >= 15 is 0 Å². The van der Waals surface area contributed by atoms with Crippen LogP contribution in [0, 0.1) is 6.92 Å². The molecule has 0 atom stereocenters. The lowest BCUT2D eigenvalue weighted by Gasteiger charge is -2.15. The van der Waals surface area contributed by atoms with Crippen LogP contribution in [0.1, 0.15) is 35.4 Å². The Morgan fingerprint density at radius 3 is 2.47 bits per heavy atom. The molecular formula is C25H32N2O2Si. The highest BCUT2D eigenvalue weighted by Gasteiger charge is 2.18. The molecule has 158 valence electrons. The second-order valence-corrected chi connectivity index (χ2v) is 13.2. The fourth-order valence-electron chi connectivity index (χ4n) is 3.47. The molecule has 1 aromatic carbocycles. The van der Waals surface area contributed by atoms with Gasteiger partial charge in [-0.25, -0.2) is 9.78 Å². The third kappa shape index (κ3) is 6.78.